The second kappa shape index (κ2) is 7.42. The summed E-state index contributed by atoms with van der Waals surface area (Å²) in [5.74, 6) is -1.49. The van der Waals surface area contributed by atoms with Gasteiger partial charge in [0.1, 0.15) is 15.2 Å². The number of sulfone groups is 1. The molecule has 0 radical (unpaired) electrons. The molecule has 0 aromatic carbocycles. The lowest BCUT2D eigenvalue weighted by Crippen LogP contribution is -2.42. The molecule has 0 bridgehead atoms. The van der Waals surface area contributed by atoms with Crippen molar-refractivity contribution in [3.05, 3.63) is 41.7 Å². The molecular weight excluding hydrogens is 340 g/mol. The highest BCUT2D eigenvalue weighted by Crippen LogP contribution is 2.31. The lowest BCUT2D eigenvalue weighted by Gasteiger charge is -2.15. The molecule has 2 aromatic heterocycles. The maximum Gasteiger partial charge on any atom is 0.309 e. The monoisotopic (exact) mass is 356 g/mol. The quantitative estimate of drug-likeness (QED) is 0.754. The molecular formula is C14H16N2O5S2. The summed E-state index contributed by atoms with van der Waals surface area (Å²) in [7, 11) is -3.74. The second-order valence-corrected chi connectivity index (χ2v) is 7.86. The fourth-order valence-corrected chi connectivity index (χ4v) is 4.70. The van der Waals surface area contributed by atoms with Gasteiger partial charge in [-0.2, -0.15) is 0 Å². The summed E-state index contributed by atoms with van der Waals surface area (Å²) >= 11 is 1.08. The molecule has 0 aliphatic heterocycles. The van der Waals surface area contributed by atoms with Gasteiger partial charge < -0.3 is 15.1 Å². The van der Waals surface area contributed by atoms with Gasteiger partial charge in [0.15, 0.2) is 9.84 Å². The van der Waals surface area contributed by atoms with Crippen molar-refractivity contribution < 1.29 is 22.4 Å². The number of hydrogen-bond acceptors (Lipinski definition) is 6. The molecule has 9 heteroatoms. The van der Waals surface area contributed by atoms with Gasteiger partial charge in [0.2, 0.25) is 0 Å². The highest BCUT2D eigenvalue weighted by Gasteiger charge is 2.33. The molecule has 2 heterocycles. The zero-order valence-electron chi connectivity index (χ0n) is 12.3. The SMILES string of the molecule is CCNC(=O)C(=O)NCC(c1ccco1)S(=O)(=O)c1cccs1. The molecule has 0 aliphatic rings. The van der Waals surface area contributed by atoms with E-state index in [1.54, 1.807) is 24.4 Å². The highest BCUT2D eigenvalue weighted by molar-refractivity contribution is 7.93. The summed E-state index contributed by atoms with van der Waals surface area (Å²) in [4.78, 5) is 23.1. The first-order chi connectivity index (χ1) is 11.0. The maximum absolute atomic E-state index is 12.7. The van der Waals surface area contributed by atoms with Crippen molar-refractivity contribution in [1.82, 2.24) is 10.6 Å². The first kappa shape index (κ1) is 17.2. The third-order valence-electron chi connectivity index (χ3n) is 3.00. The molecule has 23 heavy (non-hydrogen) atoms. The molecule has 7 nitrogen and oxygen atoms in total. The van der Waals surface area contributed by atoms with Crippen LogP contribution in [-0.4, -0.2) is 33.3 Å². The summed E-state index contributed by atoms with van der Waals surface area (Å²) in [5.41, 5.74) is 0. The number of thiophene rings is 1. The fourth-order valence-electron chi connectivity index (χ4n) is 1.91. The Morgan fingerprint density at radius 1 is 1.22 bits per heavy atom. The van der Waals surface area contributed by atoms with E-state index in [2.05, 4.69) is 10.6 Å². The largest absolute Gasteiger partial charge is 0.468 e. The van der Waals surface area contributed by atoms with Crippen LogP contribution >= 0.6 is 11.3 Å². The van der Waals surface area contributed by atoms with Crippen LogP contribution in [0.5, 0.6) is 0 Å². The number of rotatable bonds is 6. The Labute approximate surface area is 137 Å². The lowest BCUT2D eigenvalue weighted by molar-refractivity contribution is -0.139. The third kappa shape index (κ3) is 3.99. The van der Waals surface area contributed by atoms with E-state index in [9.17, 15) is 18.0 Å². The predicted molar refractivity (Wildman–Crippen MR) is 84.6 cm³/mol. The average molecular weight is 356 g/mol. The second-order valence-electron chi connectivity index (χ2n) is 4.55. The standard InChI is InChI=1S/C14H16N2O5S2/c1-2-15-13(17)14(18)16-9-11(10-5-3-7-21-10)23(19,20)12-6-4-8-22-12/h3-8,11H,2,9H2,1H3,(H,15,17)(H,16,18). The first-order valence-corrected chi connectivity index (χ1v) is 9.26. The lowest BCUT2D eigenvalue weighted by atomic mass is 10.3. The normalized spacial score (nSPS) is 12.6. The van der Waals surface area contributed by atoms with E-state index in [1.807, 2.05) is 0 Å². The molecule has 0 aliphatic carbocycles. The number of hydrogen-bond donors (Lipinski definition) is 2. The van der Waals surface area contributed by atoms with E-state index in [0.29, 0.717) is 6.54 Å². The van der Waals surface area contributed by atoms with Crippen LogP contribution in [0.3, 0.4) is 0 Å². The summed E-state index contributed by atoms with van der Waals surface area (Å²) in [6.07, 6.45) is 1.36. The molecule has 2 N–H and O–H groups in total. The van der Waals surface area contributed by atoms with E-state index in [4.69, 9.17) is 4.42 Å². The Kier molecular flexibility index (Phi) is 5.56. The van der Waals surface area contributed by atoms with Gasteiger partial charge in [-0.25, -0.2) is 8.42 Å². The van der Waals surface area contributed by atoms with Gasteiger partial charge in [0.05, 0.1) is 6.26 Å². The van der Waals surface area contributed by atoms with Crippen LogP contribution in [0.4, 0.5) is 0 Å². The third-order valence-corrected chi connectivity index (χ3v) is 6.49. The fraction of sp³-hybridized carbons (Fsp3) is 0.286. The van der Waals surface area contributed by atoms with Crippen molar-refractivity contribution >= 4 is 33.0 Å². The number of furan rings is 1. The van der Waals surface area contributed by atoms with Crippen LogP contribution in [0.2, 0.25) is 0 Å². The molecule has 0 spiro atoms. The minimum Gasteiger partial charge on any atom is -0.468 e. The van der Waals surface area contributed by atoms with Crippen molar-refractivity contribution in [1.29, 1.82) is 0 Å². The number of likely N-dealkylation sites (N-methyl/N-ethyl adjacent to an activating group) is 1. The van der Waals surface area contributed by atoms with E-state index in [-0.39, 0.29) is 16.5 Å². The molecule has 0 saturated heterocycles. The van der Waals surface area contributed by atoms with Crippen LogP contribution in [0.25, 0.3) is 0 Å². The molecule has 2 aromatic rings. The van der Waals surface area contributed by atoms with Gasteiger partial charge >= 0.3 is 11.8 Å². The van der Waals surface area contributed by atoms with Gasteiger partial charge in [-0.05, 0) is 30.5 Å². The molecule has 0 saturated carbocycles. The van der Waals surface area contributed by atoms with Crippen molar-refractivity contribution in [2.45, 2.75) is 16.4 Å². The van der Waals surface area contributed by atoms with E-state index < -0.39 is 26.9 Å². The van der Waals surface area contributed by atoms with Crippen LogP contribution in [0, 0.1) is 0 Å². The van der Waals surface area contributed by atoms with Gasteiger partial charge in [0.25, 0.3) is 0 Å². The van der Waals surface area contributed by atoms with E-state index >= 15 is 0 Å². The first-order valence-electron chi connectivity index (χ1n) is 6.83. The predicted octanol–water partition coefficient (Wildman–Crippen LogP) is 1.11. The van der Waals surface area contributed by atoms with Gasteiger partial charge in [0, 0.05) is 13.1 Å². The van der Waals surface area contributed by atoms with Crippen molar-refractivity contribution in [2.75, 3.05) is 13.1 Å². The Morgan fingerprint density at radius 3 is 2.52 bits per heavy atom. The maximum atomic E-state index is 12.7. The summed E-state index contributed by atoms with van der Waals surface area (Å²) in [6, 6.07) is 6.21. The van der Waals surface area contributed by atoms with Gasteiger partial charge in [-0.1, -0.05) is 6.07 Å². The molecule has 1 atom stereocenters. The summed E-state index contributed by atoms with van der Waals surface area (Å²) < 4.78 is 30.8. The minimum absolute atomic E-state index is 0.172. The number of carbonyl (C=O) groups excluding carboxylic acids is 2. The van der Waals surface area contributed by atoms with Crippen molar-refractivity contribution in [2.24, 2.45) is 0 Å². The van der Waals surface area contributed by atoms with Crippen LogP contribution in [0.15, 0.2) is 44.5 Å². The Morgan fingerprint density at radius 2 is 1.96 bits per heavy atom. The average Bonchev–Trinajstić information content (AvgIpc) is 3.21. The molecule has 2 amide bonds. The minimum atomic E-state index is -3.74. The Bertz CT molecular complexity index is 751. The van der Waals surface area contributed by atoms with Crippen LogP contribution in [0.1, 0.15) is 17.9 Å². The van der Waals surface area contributed by atoms with Gasteiger partial charge in [-0.15, -0.1) is 11.3 Å². The van der Waals surface area contributed by atoms with Crippen molar-refractivity contribution in [3.8, 4) is 0 Å². The Balaban J connectivity index is 2.20. The van der Waals surface area contributed by atoms with Crippen LogP contribution < -0.4 is 10.6 Å². The molecule has 0 fully saturated rings. The molecule has 2 rings (SSSR count). The van der Waals surface area contributed by atoms with Crippen LogP contribution in [-0.2, 0) is 19.4 Å². The topological polar surface area (TPSA) is 105 Å². The van der Waals surface area contributed by atoms with E-state index in [1.165, 1.54) is 18.4 Å². The van der Waals surface area contributed by atoms with Crippen molar-refractivity contribution in [3.63, 3.8) is 0 Å². The zero-order valence-corrected chi connectivity index (χ0v) is 13.9. The smallest absolute Gasteiger partial charge is 0.309 e. The molecule has 1 unspecified atom stereocenters. The zero-order chi connectivity index (χ0) is 16.9. The van der Waals surface area contributed by atoms with E-state index in [0.717, 1.165) is 11.3 Å². The highest BCUT2D eigenvalue weighted by atomic mass is 32.2. The number of amides is 2. The summed E-state index contributed by atoms with van der Waals surface area (Å²) in [5, 5.41) is 5.24. The number of nitrogens with one attached hydrogen (secondary N) is 2. The number of carbonyl (C=O) groups is 2. The van der Waals surface area contributed by atoms with Gasteiger partial charge in [-0.3, -0.25) is 9.59 Å². The molecule has 124 valence electrons. The Hall–Kier alpha value is -2.13. The summed E-state index contributed by atoms with van der Waals surface area (Å²) in [6.45, 7) is 1.73.